The van der Waals surface area contributed by atoms with Gasteiger partial charge in [-0.25, -0.2) is 4.39 Å². The Bertz CT molecular complexity index is 1330. The Labute approximate surface area is 194 Å². The van der Waals surface area contributed by atoms with Crippen LogP contribution in [0.15, 0.2) is 59.5 Å². The van der Waals surface area contributed by atoms with Crippen LogP contribution >= 0.6 is 0 Å². The smallest absolute Gasteiger partial charge is 1.00 e. The Balaban J connectivity index is 0.00000171. The molecule has 0 atom stereocenters. The van der Waals surface area contributed by atoms with Gasteiger partial charge in [0.1, 0.15) is 10.7 Å². The summed E-state index contributed by atoms with van der Waals surface area (Å²) in [7, 11) is -4.81. The van der Waals surface area contributed by atoms with Gasteiger partial charge in [-0.2, -0.15) is 8.42 Å². The first-order valence-electron chi connectivity index (χ1n) is 8.33. The van der Waals surface area contributed by atoms with Crippen molar-refractivity contribution in [2.45, 2.75) is 4.90 Å². The molecular formula is C20H14FN2NaO5S. The first-order chi connectivity index (χ1) is 13.7. The number of carbonyl (C=O) groups excluding carboxylic acids is 2. The summed E-state index contributed by atoms with van der Waals surface area (Å²) in [5.41, 5.74) is 5.19. The number of hydrogen-bond donors (Lipinski definition) is 3. The maximum absolute atomic E-state index is 13.6. The molecule has 0 aromatic heterocycles. The van der Waals surface area contributed by atoms with Gasteiger partial charge in [-0.3, -0.25) is 14.1 Å². The quantitative estimate of drug-likeness (QED) is 0.239. The fraction of sp³-hybridized carbons (Fsp3) is 0. The molecule has 0 amide bonds. The normalized spacial score (nSPS) is 12.6. The number of nitrogens with one attached hydrogen (secondary N) is 1. The van der Waals surface area contributed by atoms with Gasteiger partial charge in [0.25, 0.3) is 10.1 Å². The van der Waals surface area contributed by atoms with E-state index in [9.17, 15) is 27.0 Å². The molecule has 1 aliphatic carbocycles. The van der Waals surface area contributed by atoms with E-state index in [1.54, 1.807) is 12.1 Å². The van der Waals surface area contributed by atoms with E-state index >= 15 is 0 Å². The minimum Gasteiger partial charge on any atom is -1.00 e. The van der Waals surface area contributed by atoms with Crippen molar-refractivity contribution in [1.29, 1.82) is 0 Å². The van der Waals surface area contributed by atoms with E-state index in [1.807, 2.05) is 0 Å². The number of anilines is 3. The number of hydrogen-bond acceptors (Lipinski definition) is 6. The zero-order valence-corrected chi connectivity index (χ0v) is 18.5. The number of nitrogens with two attached hydrogens (primary N) is 1. The molecule has 0 bridgehead atoms. The summed E-state index contributed by atoms with van der Waals surface area (Å²) in [5.74, 6) is -1.77. The third-order valence-corrected chi connectivity index (χ3v) is 5.48. The average Bonchev–Trinajstić information content (AvgIpc) is 2.66. The first-order valence-corrected chi connectivity index (χ1v) is 9.77. The summed E-state index contributed by atoms with van der Waals surface area (Å²) in [6, 6.07) is 12.2. The molecule has 3 aromatic carbocycles. The van der Waals surface area contributed by atoms with Crippen LogP contribution in [0.4, 0.5) is 21.5 Å². The molecule has 0 saturated heterocycles. The van der Waals surface area contributed by atoms with Crippen molar-refractivity contribution in [2.24, 2.45) is 0 Å². The number of rotatable bonds is 3. The Morgan fingerprint density at radius 3 is 2.10 bits per heavy atom. The van der Waals surface area contributed by atoms with Gasteiger partial charge in [-0.1, -0.05) is 30.3 Å². The minimum atomic E-state index is -4.81. The van der Waals surface area contributed by atoms with Crippen molar-refractivity contribution < 1.29 is 57.9 Å². The largest absolute Gasteiger partial charge is 1.00 e. The second-order valence-electron chi connectivity index (χ2n) is 6.40. The van der Waals surface area contributed by atoms with Crippen LogP contribution in [0.3, 0.4) is 0 Å². The van der Waals surface area contributed by atoms with E-state index in [-0.39, 0.29) is 64.6 Å². The van der Waals surface area contributed by atoms with Crippen molar-refractivity contribution in [3.63, 3.8) is 0 Å². The second kappa shape index (κ2) is 7.93. The Morgan fingerprint density at radius 2 is 1.53 bits per heavy atom. The summed E-state index contributed by atoms with van der Waals surface area (Å²) >= 11 is 0. The number of nitrogen functional groups attached to an aromatic ring is 1. The molecule has 148 valence electrons. The molecule has 0 unspecified atom stereocenters. The maximum atomic E-state index is 13.6. The number of carbonyl (C=O) groups is 2. The Morgan fingerprint density at radius 1 is 0.933 bits per heavy atom. The summed E-state index contributed by atoms with van der Waals surface area (Å²) in [5, 5.41) is 2.75. The predicted molar refractivity (Wildman–Crippen MR) is 105 cm³/mol. The summed E-state index contributed by atoms with van der Waals surface area (Å²) in [4.78, 5) is 25.4. The van der Waals surface area contributed by atoms with E-state index in [0.717, 1.165) is 12.1 Å². The molecule has 0 saturated carbocycles. The summed E-state index contributed by atoms with van der Waals surface area (Å²) < 4.78 is 46.8. The molecule has 10 heteroatoms. The van der Waals surface area contributed by atoms with Gasteiger partial charge in [0, 0.05) is 16.8 Å². The Kier molecular flexibility index (Phi) is 5.85. The van der Waals surface area contributed by atoms with E-state index in [2.05, 4.69) is 5.32 Å². The first kappa shape index (κ1) is 22.1. The number of ketones is 2. The predicted octanol–water partition coefficient (Wildman–Crippen LogP) is 0.290. The number of benzene rings is 3. The van der Waals surface area contributed by atoms with E-state index < -0.39 is 38.1 Å². The third-order valence-electron chi connectivity index (χ3n) is 4.58. The number of halogens is 1. The molecule has 1 aliphatic rings. The molecule has 7 nitrogen and oxygen atoms in total. The molecule has 0 radical (unpaired) electrons. The SMILES string of the molecule is Nc1c(S(=O)(=O)O)cc(Nc2cccc(F)c2)c2c1C(=O)c1ccccc1C2=O.[H-].[Na+]. The van der Waals surface area contributed by atoms with Crippen LogP contribution in [0.25, 0.3) is 0 Å². The van der Waals surface area contributed by atoms with Gasteiger partial charge < -0.3 is 12.5 Å². The fourth-order valence-corrected chi connectivity index (χ4v) is 3.97. The van der Waals surface area contributed by atoms with E-state index in [0.29, 0.717) is 0 Å². The summed E-state index contributed by atoms with van der Waals surface area (Å²) in [6.45, 7) is 0. The van der Waals surface area contributed by atoms with Crippen LogP contribution < -0.4 is 40.6 Å². The van der Waals surface area contributed by atoms with Crippen molar-refractivity contribution in [3.05, 3.63) is 82.7 Å². The van der Waals surface area contributed by atoms with Gasteiger partial charge in [-0.15, -0.1) is 0 Å². The molecule has 4 N–H and O–H groups in total. The van der Waals surface area contributed by atoms with Crippen LogP contribution in [0, 0.1) is 5.82 Å². The molecular weight excluding hydrogens is 422 g/mol. The number of fused-ring (bicyclic) bond motifs is 2. The maximum Gasteiger partial charge on any atom is 1.00 e. The van der Waals surface area contributed by atoms with Crippen LogP contribution in [-0.4, -0.2) is 24.5 Å². The molecule has 0 spiro atoms. The fourth-order valence-electron chi connectivity index (χ4n) is 3.33. The molecule has 0 fully saturated rings. The zero-order chi connectivity index (χ0) is 20.9. The van der Waals surface area contributed by atoms with Crippen molar-refractivity contribution in [2.75, 3.05) is 11.1 Å². The van der Waals surface area contributed by atoms with Gasteiger partial charge in [0.2, 0.25) is 0 Å². The van der Waals surface area contributed by atoms with Gasteiger partial charge >= 0.3 is 29.6 Å². The minimum absolute atomic E-state index is 0. The Hall–Kier alpha value is -2.56. The van der Waals surface area contributed by atoms with Crippen molar-refractivity contribution in [1.82, 2.24) is 0 Å². The van der Waals surface area contributed by atoms with Crippen molar-refractivity contribution >= 4 is 38.7 Å². The second-order valence-corrected chi connectivity index (χ2v) is 7.79. The summed E-state index contributed by atoms with van der Waals surface area (Å²) in [6.07, 6.45) is 0. The molecule has 0 aliphatic heterocycles. The van der Waals surface area contributed by atoms with Crippen molar-refractivity contribution in [3.8, 4) is 0 Å². The van der Waals surface area contributed by atoms with Gasteiger partial charge in [-0.05, 0) is 24.3 Å². The van der Waals surface area contributed by atoms with Crippen LogP contribution in [0.2, 0.25) is 0 Å². The molecule has 0 heterocycles. The third kappa shape index (κ3) is 3.66. The van der Waals surface area contributed by atoms with Gasteiger partial charge in [0.15, 0.2) is 11.6 Å². The topological polar surface area (TPSA) is 127 Å². The van der Waals surface area contributed by atoms with Crippen LogP contribution in [0.5, 0.6) is 0 Å². The van der Waals surface area contributed by atoms with E-state index in [1.165, 1.54) is 30.3 Å². The molecule has 30 heavy (non-hydrogen) atoms. The zero-order valence-electron chi connectivity index (χ0n) is 16.6. The molecule has 4 rings (SSSR count). The van der Waals surface area contributed by atoms with Crippen LogP contribution in [-0.2, 0) is 10.1 Å². The standard InChI is InChI=1S/C20H13FN2O5S.Na.H/c21-10-4-3-5-11(8-10)23-14-9-15(29(26,27)28)18(22)17-16(14)19(24)12-6-1-2-7-13(12)20(17)25;;/h1-9,23H,22H2,(H,26,27,28);;/q;+1;-1. The average molecular weight is 436 g/mol. The monoisotopic (exact) mass is 436 g/mol. The molecule has 3 aromatic rings. The van der Waals surface area contributed by atoms with Gasteiger partial charge in [0.05, 0.1) is 22.5 Å². The van der Waals surface area contributed by atoms with Crippen LogP contribution in [0.1, 0.15) is 33.3 Å². The van der Waals surface area contributed by atoms with E-state index in [4.69, 9.17) is 5.73 Å².